The van der Waals surface area contributed by atoms with E-state index in [4.69, 9.17) is 4.74 Å². The summed E-state index contributed by atoms with van der Waals surface area (Å²) >= 11 is 0. The zero-order valence-electron chi connectivity index (χ0n) is 11.4. The first kappa shape index (κ1) is 14.3. The van der Waals surface area contributed by atoms with E-state index in [0.29, 0.717) is 19.4 Å². The Morgan fingerprint density at radius 3 is 2.95 bits per heavy atom. The Morgan fingerprint density at radius 1 is 1.40 bits per heavy atom. The molecule has 5 nitrogen and oxygen atoms in total. The van der Waals surface area contributed by atoms with E-state index in [0.717, 1.165) is 16.6 Å². The summed E-state index contributed by atoms with van der Waals surface area (Å²) in [5.74, 6) is -0.859. The number of ether oxygens (including phenoxy) is 1. The second-order valence-electron chi connectivity index (χ2n) is 4.55. The summed E-state index contributed by atoms with van der Waals surface area (Å²) in [4.78, 5) is 15.6. The monoisotopic (exact) mass is 274 g/mol. The van der Waals surface area contributed by atoms with Gasteiger partial charge < -0.3 is 15.2 Å². The molecule has 1 atom stereocenters. The van der Waals surface area contributed by atoms with E-state index in [1.165, 1.54) is 0 Å². The van der Waals surface area contributed by atoms with Crippen LogP contribution in [0.5, 0.6) is 0 Å². The molecule has 0 saturated carbocycles. The third kappa shape index (κ3) is 3.45. The number of carboxylic acid groups (broad SMARTS) is 1. The molecule has 0 amide bonds. The molecule has 20 heavy (non-hydrogen) atoms. The minimum Gasteiger partial charge on any atom is -0.480 e. The molecule has 0 radical (unpaired) electrons. The maximum atomic E-state index is 11.3. The van der Waals surface area contributed by atoms with Crippen molar-refractivity contribution < 1.29 is 14.6 Å². The van der Waals surface area contributed by atoms with Crippen LogP contribution in [0.2, 0.25) is 0 Å². The third-order valence-corrected chi connectivity index (χ3v) is 3.12. The van der Waals surface area contributed by atoms with Crippen LogP contribution in [0, 0.1) is 0 Å². The molecule has 0 aliphatic heterocycles. The molecule has 2 N–H and O–H groups in total. The van der Waals surface area contributed by atoms with E-state index in [9.17, 15) is 9.90 Å². The minimum absolute atomic E-state index is 0.514. The number of rotatable bonds is 7. The second-order valence-corrected chi connectivity index (χ2v) is 4.55. The fraction of sp³-hybridized carbons (Fsp3) is 0.333. The van der Waals surface area contributed by atoms with Crippen molar-refractivity contribution >= 4 is 22.6 Å². The summed E-state index contributed by atoms with van der Waals surface area (Å²) in [6.07, 6.45) is 2.89. The highest BCUT2D eigenvalue weighted by Gasteiger charge is 2.17. The zero-order valence-corrected chi connectivity index (χ0v) is 11.4. The van der Waals surface area contributed by atoms with E-state index in [2.05, 4.69) is 10.3 Å². The second kappa shape index (κ2) is 6.86. The van der Waals surface area contributed by atoms with Crippen molar-refractivity contribution in [2.75, 3.05) is 19.0 Å². The molecular weight excluding hydrogens is 256 g/mol. The Labute approximate surface area is 117 Å². The molecule has 0 fully saturated rings. The number of methoxy groups -OCH3 is 1. The maximum Gasteiger partial charge on any atom is 0.326 e. The molecule has 1 unspecified atom stereocenters. The smallest absolute Gasteiger partial charge is 0.326 e. The number of nitrogens with zero attached hydrogens (tertiary/aromatic N) is 1. The van der Waals surface area contributed by atoms with Gasteiger partial charge in [-0.1, -0.05) is 18.2 Å². The zero-order chi connectivity index (χ0) is 14.4. The van der Waals surface area contributed by atoms with Crippen molar-refractivity contribution in [3.05, 3.63) is 36.5 Å². The summed E-state index contributed by atoms with van der Waals surface area (Å²) in [6, 6.07) is 8.83. The van der Waals surface area contributed by atoms with E-state index in [-0.39, 0.29) is 0 Å². The summed E-state index contributed by atoms with van der Waals surface area (Å²) < 4.78 is 4.96. The number of benzene rings is 1. The highest BCUT2D eigenvalue weighted by atomic mass is 16.5. The molecule has 1 heterocycles. The van der Waals surface area contributed by atoms with Gasteiger partial charge in [0.05, 0.1) is 5.52 Å². The van der Waals surface area contributed by atoms with Crippen LogP contribution in [-0.4, -0.2) is 35.8 Å². The van der Waals surface area contributed by atoms with E-state index in [1.54, 1.807) is 19.4 Å². The molecule has 2 aromatic rings. The number of aliphatic carboxylic acids is 1. The van der Waals surface area contributed by atoms with Crippen molar-refractivity contribution in [1.82, 2.24) is 4.98 Å². The Morgan fingerprint density at radius 2 is 2.20 bits per heavy atom. The molecule has 1 aromatic carbocycles. The largest absolute Gasteiger partial charge is 0.480 e. The van der Waals surface area contributed by atoms with Gasteiger partial charge in [-0.2, -0.15) is 0 Å². The van der Waals surface area contributed by atoms with Gasteiger partial charge in [-0.25, -0.2) is 4.79 Å². The van der Waals surface area contributed by atoms with Crippen molar-refractivity contribution in [2.24, 2.45) is 0 Å². The topological polar surface area (TPSA) is 71.5 Å². The fourth-order valence-corrected chi connectivity index (χ4v) is 2.10. The lowest BCUT2D eigenvalue weighted by molar-refractivity contribution is -0.138. The van der Waals surface area contributed by atoms with Gasteiger partial charge in [-0.15, -0.1) is 0 Å². The number of pyridine rings is 1. The molecule has 106 valence electrons. The van der Waals surface area contributed by atoms with E-state index >= 15 is 0 Å². The first-order chi connectivity index (χ1) is 9.72. The highest BCUT2D eigenvalue weighted by molar-refractivity contribution is 5.92. The quantitative estimate of drug-likeness (QED) is 0.759. The van der Waals surface area contributed by atoms with Crippen LogP contribution in [0.4, 0.5) is 5.69 Å². The standard InChI is InChI=1S/C15H18N2O3/c1-20-10-4-7-14(15(18)19)17-13-8-9-16-12-6-3-2-5-11(12)13/h2-3,5-6,8-9,14H,4,7,10H2,1H3,(H,16,17)(H,18,19). The number of para-hydroxylation sites is 1. The van der Waals surface area contributed by atoms with Gasteiger partial charge in [-0.05, 0) is 25.0 Å². The van der Waals surface area contributed by atoms with Crippen LogP contribution in [0.15, 0.2) is 36.5 Å². The normalized spacial score (nSPS) is 12.2. The first-order valence-electron chi connectivity index (χ1n) is 6.54. The molecule has 0 saturated heterocycles. The number of anilines is 1. The molecule has 1 aromatic heterocycles. The molecule has 0 spiro atoms. The van der Waals surface area contributed by atoms with Crippen LogP contribution >= 0.6 is 0 Å². The van der Waals surface area contributed by atoms with Gasteiger partial charge >= 0.3 is 5.97 Å². The van der Waals surface area contributed by atoms with Crippen LogP contribution in [0.25, 0.3) is 10.9 Å². The lowest BCUT2D eigenvalue weighted by Crippen LogP contribution is -2.29. The molecule has 5 heteroatoms. The summed E-state index contributed by atoms with van der Waals surface area (Å²) in [6.45, 7) is 0.558. The maximum absolute atomic E-state index is 11.3. The molecule has 2 rings (SSSR count). The predicted molar refractivity (Wildman–Crippen MR) is 77.9 cm³/mol. The average molecular weight is 274 g/mol. The average Bonchev–Trinajstić information content (AvgIpc) is 2.46. The fourth-order valence-electron chi connectivity index (χ4n) is 2.10. The van der Waals surface area contributed by atoms with Gasteiger partial charge in [-0.3, -0.25) is 4.98 Å². The number of nitrogens with one attached hydrogen (secondary N) is 1. The minimum atomic E-state index is -0.859. The Balaban J connectivity index is 2.18. The number of carbonyl (C=O) groups is 1. The lowest BCUT2D eigenvalue weighted by atomic mass is 10.1. The summed E-state index contributed by atoms with van der Waals surface area (Å²) in [5, 5.41) is 13.3. The van der Waals surface area contributed by atoms with Crippen molar-refractivity contribution in [3.63, 3.8) is 0 Å². The highest BCUT2D eigenvalue weighted by Crippen LogP contribution is 2.22. The van der Waals surface area contributed by atoms with Gasteiger partial charge in [0.2, 0.25) is 0 Å². The molecule has 0 aliphatic rings. The molecule has 0 aliphatic carbocycles. The number of fused-ring (bicyclic) bond motifs is 1. The lowest BCUT2D eigenvalue weighted by Gasteiger charge is -2.16. The Bertz CT molecular complexity index is 581. The number of carboxylic acids is 1. The van der Waals surface area contributed by atoms with Gasteiger partial charge in [0.25, 0.3) is 0 Å². The number of hydrogen-bond acceptors (Lipinski definition) is 4. The summed E-state index contributed by atoms with van der Waals surface area (Å²) in [7, 11) is 1.61. The molecular formula is C15H18N2O3. The van der Waals surface area contributed by atoms with Crippen LogP contribution < -0.4 is 5.32 Å². The van der Waals surface area contributed by atoms with Crippen LogP contribution in [0.1, 0.15) is 12.8 Å². The van der Waals surface area contributed by atoms with Crippen LogP contribution in [0.3, 0.4) is 0 Å². The van der Waals surface area contributed by atoms with E-state index in [1.807, 2.05) is 24.3 Å². The van der Waals surface area contributed by atoms with Gasteiger partial charge in [0, 0.05) is 31.0 Å². The van der Waals surface area contributed by atoms with Crippen molar-refractivity contribution in [2.45, 2.75) is 18.9 Å². The number of hydrogen-bond donors (Lipinski definition) is 2. The summed E-state index contributed by atoms with van der Waals surface area (Å²) in [5.41, 5.74) is 1.64. The third-order valence-electron chi connectivity index (χ3n) is 3.12. The van der Waals surface area contributed by atoms with Crippen molar-refractivity contribution in [1.29, 1.82) is 0 Å². The SMILES string of the molecule is COCCCC(Nc1ccnc2ccccc12)C(=O)O. The first-order valence-corrected chi connectivity index (χ1v) is 6.54. The predicted octanol–water partition coefficient (Wildman–Crippen LogP) is 2.53. The van der Waals surface area contributed by atoms with Crippen LogP contribution in [-0.2, 0) is 9.53 Å². The Hall–Kier alpha value is -2.14. The van der Waals surface area contributed by atoms with Crippen molar-refractivity contribution in [3.8, 4) is 0 Å². The molecule has 0 bridgehead atoms. The van der Waals surface area contributed by atoms with Gasteiger partial charge in [0.15, 0.2) is 0 Å². The van der Waals surface area contributed by atoms with Gasteiger partial charge in [0.1, 0.15) is 6.04 Å². The number of aromatic nitrogens is 1. The van der Waals surface area contributed by atoms with E-state index < -0.39 is 12.0 Å². The Kier molecular flexibility index (Phi) is 4.90.